The Balaban J connectivity index is 1.89. The van der Waals surface area contributed by atoms with Crippen molar-refractivity contribution in [2.75, 3.05) is 18.4 Å². The van der Waals surface area contributed by atoms with Gasteiger partial charge in [-0.05, 0) is 74.5 Å². The fraction of sp³-hybridized carbons (Fsp3) is 0.429. The highest BCUT2D eigenvalue weighted by Crippen LogP contribution is 2.42. The van der Waals surface area contributed by atoms with E-state index in [1.165, 1.54) is 27.1 Å². The number of hydrogen-bond donors (Lipinski definition) is 2. The smallest absolute Gasteiger partial charge is 0.225 e. The molecule has 4 nitrogen and oxygen atoms in total. The molecule has 1 aliphatic rings. The molecule has 1 aromatic carbocycles. The van der Waals surface area contributed by atoms with Crippen molar-refractivity contribution in [1.29, 1.82) is 0 Å². The fourth-order valence-electron chi connectivity index (χ4n) is 3.74. The normalized spacial score (nSPS) is 15.4. The zero-order valence-electron chi connectivity index (χ0n) is 16.0. The maximum atomic E-state index is 6.27. The average Bonchev–Trinajstić information content (AvgIpc) is 3.03. The molecule has 0 unspecified atom stereocenters. The lowest BCUT2D eigenvalue weighted by atomic mass is 9.98. The van der Waals surface area contributed by atoms with Crippen molar-refractivity contribution in [3.63, 3.8) is 0 Å². The molecule has 142 valence electrons. The molecule has 3 heterocycles. The molecular weight excluding hydrogens is 376 g/mol. The van der Waals surface area contributed by atoms with Crippen molar-refractivity contribution in [3.05, 3.63) is 39.5 Å². The number of anilines is 1. The van der Waals surface area contributed by atoms with Gasteiger partial charge in [0, 0.05) is 16.5 Å². The van der Waals surface area contributed by atoms with Crippen molar-refractivity contribution < 1.29 is 0 Å². The van der Waals surface area contributed by atoms with Crippen LogP contribution in [0.5, 0.6) is 0 Å². The molecule has 6 heteroatoms. The Bertz CT molecular complexity index is 976. The van der Waals surface area contributed by atoms with Crippen LogP contribution in [0.2, 0.25) is 5.28 Å². The molecule has 4 rings (SSSR count). The molecule has 1 saturated heterocycles. The summed E-state index contributed by atoms with van der Waals surface area (Å²) in [6.45, 7) is 8.59. The lowest BCUT2D eigenvalue weighted by molar-refractivity contribution is 0.478. The number of piperidine rings is 1. The minimum absolute atomic E-state index is 0.314. The second kappa shape index (κ2) is 7.74. The summed E-state index contributed by atoms with van der Waals surface area (Å²) >= 11 is 8.00. The van der Waals surface area contributed by atoms with Crippen LogP contribution < -0.4 is 10.6 Å². The molecular formula is C21H25ClN4S. The number of rotatable bonds is 4. The van der Waals surface area contributed by atoms with Crippen LogP contribution in [-0.2, 0) is 6.42 Å². The largest absolute Gasteiger partial charge is 0.367 e. The summed E-state index contributed by atoms with van der Waals surface area (Å²) in [7, 11) is 0. The molecule has 27 heavy (non-hydrogen) atoms. The second-order valence-corrected chi connectivity index (χ2v) is 8.66. The summed E-state index contributed by atoms with van der Waals surface area (Å²) in [6, 6.07) is 7.10. The van der Waals surface area contributed by atoms with E-state index in [1.54, 1.807) is 11.3 Å². The van der Waals surface area contributed by atoms with E-state index in [2.05, 4.69) is 59.6 Å². The topological polar surface area (TPSA) is 49.8 Å². The molecule has 2 aromatic heterocycles. The van der Waals surface area contributed by atoms with Gasteiger partial charge in [-0.15, -0.1) is 11.3 Å². The number of benzene rings is 1. The Labute approximate surface area is 169 Å². The zero-order valence-corrected chi connectivity index (χ0v) is 17.6. The van der Waals surface area contributed by atoms with Crippen molar-refractivity contribution in [3.8, 4) is 11.1 Å². The Hall–Kier alpha value is -1.69. The van der Waals surface area contributed by atoms with Crippen molar-refractivity contribution in [2.45, 2.75) is 46.1 Å². The lowest BCUT2D eigenvalue weighted by Crippen LogP contribution is -2.35. The summed E-state index contributed by atoms with van der Waals surface area (Å²) in [5, 5.41) is 8.51. The Morgan fingerprint density at radius 2 is 1.96 bits per heavy atom. The van der Waals surface area contributed by atoms with Crippen LogP contribution in [0.15, 0.2) is 18.2 Å². The standard InChI is InChI=1S/C21H25ClN4S/c1-4-16-17(14-6-5-12(2)13(3)11-14)18-19(24-15-7-9-23-10-8-15)25-21(22)26-20(18)27-16/h5-6,11,15,23H,4,7-10H2,1-3H3,(H,24,25,26). The maximum absolute atomic E-state index is 6.27. The van der Waals surface area contributed by atoms with Crippen LogP contribution in [0.1, 0.15) is 35.8 Å². The van der Waals surface area contributed by atoms with Crippen LogP contribution in [-0.4, -0.2) is 29.1 Å². The van der Waals surface area contributed by atoms with E-state index < -0.39 is 0 Å². The Kier molecular flexibility index (Phi) is 5.35. The van der Waals surface area contributed by atoms with E-state index in [0.29, 0.717) is 11.3 Å². The third-order valence-corrected chi connectivity index (χ3v) is 6.79. The van der Waals surface area contributed by atoms with Gasteiger partial charge in [-0.2, -0.15) is 0 Å². The minimum Gasteiger partial charge on any atom is -0.367 e. The van der Waals surface area contributed by atoms with Gasteiger partial charge in [-0.1, -0.05) is 25.1 Å². The molecule has 0 radical (unpaired) electrons. The predicted molar refractivity (Wildman–Crippen MR) is 116 cm³/mol. The number of hydrogen-bond acceptors (Lipinski definition) is 5. The number of nitrogens with zero attached hydrogens (tertiary/aromatic N) is 2. The molecule has 1 aliphatic heterocycles. The van der Waals surface area contributed by atoms with Crippen molar-refractivity contribution in [1.82, 2.24) is 15.3 Å². The third kappa shape index (κ3) is 3.68. The molecule has 0 amide bonds. The summed E-state index contributed by atoms with van der Waals surface area (Å²) < 4.78 is 0. The molecule has 0 atom stereocenters. The Morgan fingerprint density at radius 3 is 2.67 bits per heavy atom. The highest BCUT2D eigenvalue weighted by molar-refractivity contribution is 7.19. The number of halogens is 1. The fourth-order valence-corrected chi connectivity index (χ4v) is 5.09. The first-order valence-corrected chi connectivity index (χ1v) is 10.8. The van der Waals surface area contributed by atoms with Gasteiger partial charge in [0.1, 0.15) is 10.6 Å². The number of fused-ring (bicyclic) bond motifs is 1. The monoisotopic (exact) mass is 400 g/mol. The van der Waals surface area contributed by atoms with Gasteiger partial charge in [0.2, 0.25) is 5.28 Å². The van der Waals surface area contributed by atoms with Crippen LogP contribution >= 0.6 is 22.9 Å². The van der Waals surface area contributed by atoms with Gasteiger partial charge in [0.15, 0.2) is 0 Å². The van der Waals surface area contributed by atoms with Gasteiger partial charge in [0.25, 0.3) is 0 Å². The number of nitrogens with one attached hydrogen (secondary N) is 2. The quantitative estimate of drug-likeness (QED) is 0.579. The molecule has 0 saturated carbocycles. The van der Waals surface area contributed by atoms with Gasteiger partial charge in [-0.25, -0.2) is 9.97 Å². The van der Waals surface area contributed by atoms with Crippen molar-refractivity contribution >= 4 is 39.0 Å². The number of thiophene rings is 1. The molecule has 0 aliphatic carbocycles. The van der Waals surface area contributed by atoms with Gasteiger partial charge in [-0.3, -0.25) is 0 Å². The molecule has 1 fully saturated rings. The van der Waals surface area contributed by atoms with E-state index in [1.807, 2.05) is 0 Å². The minimum atomic E-state index is 0.314. The van der Waals surface area contributed by atoms with E-state index in [4.69, 9.17) is 11.6 Å². The van der Waals surface area contributed by atoms with E-state index in [9.17, 15) is 0 Å². The van der Waals surface area contributed by atoms with Gasteiger partial charge in [0.05, 0.1) is 5.39 Å². The second-order valence-electron chi connectivity index (χ2n) is 7.24. The molecule has 0 spiro atoms. The van der Waals surface area contributed by atoms with Crippen LogP contribution in [0, 0.1) is 13.8 Å². The zero-order chi connectivity index (χ0) is 19.0. The molecule has 3 aromatic rings. The molecule has 2 N–H and O–H groups in total. The van der Waals surface area contributed by atoms with Gasteiger partial charge >= 0.3 is 0 Å². The molecule has 0 bridgehead atoms. The summed E-state index contributed by atoms with van der Waals surface area (Å²) in [5.41, 5.74) is 5.11. The highest BCUT2D eigenvalue weighted by Gasteiger charge is 2.22. The summed E-state index contributed by atoms with van der Waals surface area (Å²) in [4.78, 5) is 11.4. The highest BCUT2D eigenvalue weighted by atomic mass is 35.5. The predicted octanol–water partition coefficient (Wildman–Crippen LogP) is 5.35. The first-order valence-electron chi connectivity index (χ1n) is 9.60. The van der Waals surface area contributed by atoms with Crippen LogP contribution in [0.25, 0.3) is 21.3 Å². The van der Waals surface area contributed by atoms with Crippen LogP contribution in [0.3, 0.4) is 0 Å². The summed E-state index contributed by atoms with van der Waals surface area (Å²) in [5.74, 6) is 0.876. The number of aromatic nitrogens is 2. The third-order valence-electron chi connectivity index (χ3n) is 5.39. The van der Waals surface area contributed by atoms with Crippen molar-refractivity contribution in [2.24, 2.45) is 0 Å². The SMILES string of the molecule is CCc1sc2nc(Cl)nc(NC3CCNCC3)c2c1-c1ccc(C)c(C)c1. The summed E-state index contributed by atoms with van der Waals surface area (Å²) in [6.07, 6.45) is 3.15. The first kappa shape index (κ1) is 18.7. The Morgan fingerprint density at radius 1 is 1.19 bits per heavy atom. The van der Waals surface area contributed by atoms with Crippen LogP contribution in [0.4, 0.5) is 5.82 Å². The lowest BCUT2D eigenvalue weighted by Gasteiger charge is -2.24. The first-order chi connectivity index (χ1) is 13.1. The van der Waals surface area contributed by atoms with E-state index in [0.717, 1.165) is 48.4 Å². The van der Waals surface area contributed by atoms with E-state index >= 15 is 0 Å². The number of aryl methyl sites for hydroxylation is 3. The van der Waals surface area contributed by atoms with E-state index in [-0.39, 0.29) is 0 Å². The average molecular weight is 401 g/mol. The van der Waals surface area contributed by atoms with Gasteiger partial charge < -0.3 is 10.6 Å². The maximum Gasteiger partial charge on any atom is 0.225 e.